The van der Waals surface area contributed by atoms with Crippen LogP contribution < -0.4 is 0 Å². The van der Waals surface area contributed by atoms with Crippen molar-refractivity contribution in [1.82, 2.24) is 9.78 Å². The second kappa shape index (κ2) is 5.80. The van der Waals surface area contributed by atoms with Gasteiger partial charge in [-0.05, 0) is 34.8 Å². The minimum absolute atomic E-state index is 0.362. The molecule has 18 heavy (non-hydrogen) atoms. The van der Waals surface area contributed by atoms with Crippen molar-refractivity contribution in [3.8, 4) is 10.6 Å². The molecule has 0 bridgehead atoms. The smallest absolute Gasteiger partial charge is 0.153 e. The summed E-state index contributed by atoms with van der Waals surface area (Å²) in [6.07, 6.45) is 4.77. The molecule has 2 heterocycles. The fraction of sp³-hybridized carbons (Fsp3) is 0.385. The van der Waals surface area contributed by atoms with Gasteiger partial charge >= 0.3 is 0 Å². The number of aromatic nitrogens is 2. The van der Waals surface area contributed by atoms with E-state index in [1.165, 1.54) is 0 Å². The van der Waals surface area contributed by atoms with E-state index in [9.17, 15) is 4.79 Å². The lowest BCUT2D eigenvalue weighted by molar-refractivity contribution is 0.112. The summed E-state index contributed by atoms with van der Waals surface area (Å²) in [6.45, 7) is 4.27. The minimum atomic E-state index is 0.362. The number of thiophene rings is 1. The van der Waals surface area contributed by atoms with E-state index in [1.807, 2.05) is 22.3 Å². The lowest BCUT2D eigenvalue weighted by atomic mass is 10.2. The van der Waals surface area contributed by atoms with E-state index in [0.717, 1.165) is 34.2 Å². The summed E-state index contributed by atoms with van der Waals surface area (Å²) in [5.74, 6) is 0. The number of halogens is 1. The quantitative estimate of drug-likeness (QED) is 0.755. The third-order valence-electron chi connectivity index (χ3n) is 3.00. The third-order valence-corrected chi connectivity index (χ3v) is 4.70. The Morgan fingerprint density at radius 1 is 1.50 bits per heavy atom. The Balaban J connectivity index is 2.44. The molecule has 0 aliphatic carbocycles. The number of hydrogen-bond donors (Lipinski definition) is 0. The van der Waals surface area contributed by atoms with Crippen molar-refractivity contribution < 1.29 is 4.79 Å². The molecule has 2 aromatic rings. The molecule has 2 aromatic heterocycles. The van der Waals surface area contributed by atoms with Crippen LogP contribution in [0.15, 0.2) is 22.1 Å². The topological polar surface area (TPSA) is 34.9 Å². The highest BCUT2D eigenvalue weighted by Crippen LogP contribution is 2.31. The average molecular weight is 327 g/mol. The maximum atomic E-state index is 11.2. The SMILES string of the molecule is CCC(CC)n1cc(C=O)c(-c2cc(Br)cs2)n1. The summed E-state index contributed by atoms with van der Waals surface area (Å²) in [6, 6.07) is 2.36. The summed E-state index contributed by atoms with van der Waals surface area (Å²) in [7, 11) is 0. The van der Waals surface area contributed by atoms with Gasteiger partial charge < -0.3 is 0 Å². The van der Waals surface area contributed by atoms with Crippen molar-refractivity contribution in [2.75, 3.05) is 0 Å². The van der Waals surface area contributed by atoms with Gasteiger partial charge in [0.05, 0.1) is 16.5 Å². The molecule has 0 aromatic carbocycles. The van der Waals surface area contributed by atoms with Gasteiger partial charge in [0.25, 0.3) is 0 Å². The first-order valence-electron chi connectivity index (χ1n) is 5.98. The number of carbonyl (C=O) groups excluding carboxylic acids is 1. The maximum Gasteiger partial charge on any atom is 0.153 e. The van der Waals surface area contributed by atoms with Gasteiger partial charge in [0.2, 0.25) is 0 Å². The largest absolute Gasteiger partial charge is 0.298 e. The van der Waals surface area contributed by atoms with Crippen LogP contribution in [-0.2, 0) is 0 Å². The molecular formula is C13H15BrN2OS. The molecule has 0 spiro atoms. The van der Waals surface area contributed by atoms with Crippen LogP contribution in [0, 0.1) is 0 Å². The lowest BCUT2D eigenvalue weighted by Crippen LogP contribution is -2.07. The Labute approximate surface area is 119 Å². The van der Waals surface area contributed by atoms with E-state index < -0.39 is 0 Å². The molecule has 0 saturated carbocycles. The van der Waals surface area contributed by atoms with Crippen LogP contribution in [0.25, 0.3) is 10.6 Å². The predicted molar refractivity (Wildman–Crippen MR) is 78.2 cm³/mol. The van der Waals surface area contributed by atoms with E-state index in [0.29, 0.717) is 11.6 Å². The summed E-state index contributed by atoms with van der Waals surface area (Å²) in [5, 5.41) is 6.58. The molecule has 0 aliphatic rings. The van der Waals surface area contributed by atoms with Crippen LogP contribution in [0.3, 0.4) is 0 Å². The molecule has 96 valence electrons. The van der Waals surface area contributed by atoms with Crippen molar-refractivity contribution in [2.45, 2.75) is 32.7 Å². The number of nitrogens with zero attached hydrogens (tertiary/aromatic N) is 2. The van der Waals surface area contributed by atoms with Crippen LogP contribution in [0.2, 0.25) is 0 Å². The van der Waals surface area contributed by atoms with Crippen LogP contribution in [0.1, 0.15) is 43.1 Å². The molecule has 0 amide bonds. The van der Waals surface area contributed by atoms with E-state index in [2.05, 4.69) is 34.9 Å². The molecule has 2 rings (SSSR count). The van der Waals surface area contributed by atoms with Crippen LogP contribution in [-0.4, -0.2) is 16.1 Å². The van der Waals surface area contributed by atoms with Crippen molar-refractivity contribution in [3.05, 3.63) is 27.7 Å². The zero-order valence-electron chi connectivity index (χ0n) is 10.4. The zero-order chi connectivity index (χ0) is 13.1. The predicted octanol–water partition coefficient (Wildman–Crippen LogP) is 4.55. The standard InChI is InChI=1S/C13H15BrN2OS/c1-3-11(4-2)16-6-9(7-17)13(15-16)12-5-10(14)8-18-12/h5-8,11H,3-4H2,1-2H3. The number of rotatable bonds is 5. The molecule has 3 nitrogen and oxygen atoms in total. The Hall–Kier alpha value is -0.940. The zero-order valence-corrected chi connectivity index (χ0v) is 12.8. The third kappa shape index (κ3) is 2.57. The number of carbonyl (C=O) groups is 1. The second-order valence-electron chi connectivity index (χ2n) is 4.13. The monoisotopic (exact) mass is 326 g/mol. The van der Waals surface area contributed by atoms with Gasteiger partial charge in [-0.3, -0.25) is 9.48 Å². The lowest BCUT2D eigenvalue weighted by Gasteiger charge is -2.12. The summed E-state index contributed by atoms with van der Waals surface area (Å²) in [5.41, 5.74) is 1.45. The molecule has 0 N–H and O–H groups in total. The first kappa shape index (κ1) is 13.5. The Morgan fingerprint density at radius 3 is 2.72 bits per heavy atom. The fourth-order valence-electron chi connectivity index (χ4n) is 1.97. The van der Waals surface area contributed by atoms with E-state index in [-0.39, 0.29) is 0 Å². The first-order chi connectivity index (χ1) is 8.69. The molecule has 0 atom stereocenters. The highest BCUT2D eigenvalue weighted by Gasteiger charge is 2.15. The summed E-state index contributed by atoms with van der Waals surface area (Å²) < 4.78 is 2.95. The summed E-state index contributed by atoms with van der Waals surface area (Å²) >= 11 is 5.02. The van der Waals surface area contributed by atoms with Crippen LogP contribution in [0.4, 0.5) is 0 Å². The Kier molecular flexibility index (Phi) is 4.35. The summed E-state index contributed by atoms with van der Waals surface area (Å²) in [4.78, 5) is 12.2. The number of aldehydes is 1. The van der Waals surface area contributed by atoms with Crippen LogP contribution >= 0.6 is 27.3 Å². The molecule has 0 aliphatic heterocycles. The van der Waals surface area contributed by atoms with Crippen molar-refractivity contribution in [2.24, 2.45) is 0 Å². The van der Waals surface area contributed by atoms with Gasteiger partial charge in [-0.15, -0.1) is 11.3 Å². The molecule has 0 fully saturated rings. The van der Waals surface area contributed by atoms with Gasteiger partial charge in [0.15, 0.2) is 6.29 Å². The molecule has 0 unspecified atom stereocenters. The van der Waals surface area contributed by atoms with Crippen molar-refractivity contribution in [3.63, 3.8) is 0 Å². The van der Waals surface area contributed by atoms with E-state index >= 15 is 0 Å². The van der Waals surface area contributed by atoms with Crippen molar-refractivity contribution in [1.29, 1.82) is 0 Å². The van der Waals surface area contributed by atoms with E-state index in [4.69, 9.17) is 0 Å². The normalized spacial score (nSPS) is 11.1. The van der Waals surface area contributed by atoms with Crippen LogP contribution in [0.5, 0.6) is 0 Å². The Morgan fingerprint density at radius 2 is 2.22 bits per heavy atom. The van der Waals surface area contributed by atoms with Gasteiger partial charge in [0.1, 0.15) is 5.69 Å². The highest BCUT2D eigenvalue weighted by atomic mass is 79.9. The second-order valence-corrected chi connectivity index (χ2v) is 5.96. The Bertz CT molecular complexity index is 543. The number of hydrogen-bond acceptors (Lipinski definition) is 3. The molecule has 0 saturated heterocycles. The maximum absolute atomic E-state index is 11.2. The van der Waals surface area contributed by atoms with E-state index in [1.54, 1.807) is 11.3 Å². The van der Waals surface area contributed by atoms with Gasteiger partial charge in [0, 0.05) is 16.0 Å². The molecule has 5 heteroatoms. The molecule has 0 radical (unpaired) electrons. The highest BCUT2D eigenvalue weighted by molar-refractivity contribution is 9.10. The minimum Gasteiger partial charge on any atom is -0.298 e. The van der Waals surface area contributed by atoms with Gasteiger partial charge in [-0.25, -0.2) is 0 Å². The van der Waals surface area contributed by atoms with Crippen molar-refractivity contribution >= 4 is 33.6 Å². The van der Waals surface area contributed by atoms with Gasteiger partial charge in [-0.2, -0.15) is 5.10 Å². The van der Waals surface area contributed by atoms with Gasteiger partial charge in [-0.1, -0.05) is 13.8 Å². The average Bonchev–Trinajstić information content (AvgIpc) is 2.97. The first-order valence-corrected chi connectivity index (χ1v) is 7.65. The molecular weight excluding hydrogens is 312 g/mol. The fourth-order valence-corrected chi connectivity index (χ4v) is 3.40.